The summed E-state index contributed by atoms with van der Waals surface area (Å²) in [5, 5.41) is 11.6. The number of thiophene rings is 1. The second-order valence-corrected chi connectivity index (χ2v) is 5.90. The molecule has 0 aliphatic heterocycles. The number of hydrogen-bond donors (Lipinski definition) is 1. The van der Waals surface area contributed by atoms with Gasteiger partial charge in [0.1, 0.15) is 5.92 Å². The van der Waals surface area contributed by atoms with Crippen molar-refractivity contribution in [3.05, 3.63) is 21.3 Å². The molecular weight excluding hydrogens is 256 g/mol. The maximum atomic E-state index is 11.7. The monoisotopic (exact) mass is 270 g/mol. The number of nitriles is 1. The fourth-order valence-electron chi connectivity index (χ4n) is 1.42. The first kappa shape index (κ1) is 14.0. The van der Waals surface area contributed by atoms with Crippen LogP contribution >= 0.6 is 22.9 Å². The first-order chi connectivity index (χ1) is 8.04. The lowest BCUT2D eigenvalue weighted by Gasteiger charge is -2.12. The second kappa shape index (κ2) is 6.63. The van der Waals surface area contributed by atoms with Gasteiger partial charge >= 0.3 is 0 Å². The molecule has 0 saturated heterocycles. The Kier molecular flexibility index (Phi) is 5.46. The van der Waals surface area contributed by atoms with Crippen molar-refractivity contribution >= 4 is 28.8 Å². The fraction of sp³-hybridized carbons (Fsp3) is 0.500. The number of halogens is 1. The van der Waals surface area contributed by atoms with E-state index in [-0.39, 0.29) is 11.8 Å². The van der Waals surface area contributed by atoms with E-state index < -0.39 is 5.92 Å². The zero-order valence-electron chi connectivity index (χ0n) is 9.87. The summed E-state index contributed by atoms with van der Waals surface area (Å²) in [6, 6.07) is 5.81. The molecule has 0 fully saturated rings. The highest BCUT2D eigenvalue weighted by Gasteiger charge is 2.20. The molecule has 0 aliphatic carbocycles. The molecule has 3 nitrogen and oxygen atoms in total. The SMILES string of the molecule is CC(C)C(C#N)C(=O)NCCc1ccc(Cl)s1. The summed E-state index contributed by atoms with van der Waals surface area (Å²) in [6.45, 7) is 4.28. The number of nitrogens with zero attached hydrogens (tertiary/aromatic N) is 1. The van der Waals surface area contributed by atoms with Gasteiger partial charge in [-0.2, -0.15) is 5.26 Å². The van der Waals surface area contributed by atoms with E-state index in [2.05, 4.69) is 5.32 Å². The summed E-state index contributed by atoms with van der Waals surface area (Å²) >= 11 is 7.31. The minimum absolute atomic E-state index is 0.0381. The van der Waals surface area contributed by atoms with E-state index in [1.807, 2.05) is 32.0 Å². The van der Waals surface area contributed by atoms with Crippen molar-refractivity contribution in [1.82, 2.24) is 5.32 Å². The van der Waals surface area contributed by atoms with Crippen molar-refractivity contribution in [2.24, 2.45) is 11.8 Å². The van der Waals surface area contributed by atoms with Crippen LogP contribution < -0.4 is 5.32 Å². The lowest BCUT2D eigenvalue weighted by molar-refractivity contribution is -0.124. The molecular formula is C12H15ClN2OS. The highest BCUT2D eigenvalue weighted by Crippen LogP contribution is 2.21. The molecule has 1 aromatic rings. The van der Waals surface area contributed by atoms with Gasteiger partial charge in [-0.3, -0.25) is 4.79 Å². The highest BCUT2D eigenvalue weighted by atomic mass is 35.5. The Morgan fingerprint density at radius 2 is 2.29 bits per heavy atom. The van der Waals surface area contributed by atoms with Crippen LogP contribution in [0.5, 0.6) is 0 Å². The molecule has 0 saturated carbocycles. The Balaban J connectivity index is 2.36. The number of carbonyl (C=O) groups excluding carboxylic acids is 1. The van der Waals surface area contributed by atoms with Gasteiger partial charge in [0, 0.05) is 11.4 Å². The lowest BCUT2D eigenvalue weighted by atomic mass is 9.97. The maximum Gasteiger partial charge on any atom is 0.237 e. The Morgan fingerprint density at radius 1 is 1.59 bits per heavy atom. The van der Waals surface area contributed by atoms with E-state index in [9.17, 15) is 4.79 Å². The molecule has 17 heavy (non-hydrogen) atoms. The molecule has 0 spiro atoms. The van der Waals surface area contributed by atoms with Gasteiger partial charge in [0.2, 0.25) is 5.91 Å². The average Bonchev–Trinajstić information content (AvgIpc) is 2.64. The second-order valence-electron chi connectivity index (χ2n) is 4.10. The van der Waals surface area contributed by atoms with Crippen molar-refractivity contribution < 1.29 is 4.79 Å². The third-order valence-corrected chi connectivity index (χ3v) is 3.68. The van der Waals surface area contributed by atoms with Crippen LogP contribution in [-0.4, -0.2) is 12.5 Å². The molecule has 1 rings (SSSR count). The van der Waals surface area contributed by atoms with Gasteiger partial charge in [0.05, 0.1) is 10.4 Å². The van der Waals surface area contributed by atoms with Gasteiger partial charge in [0.15, 0.2) is 0 Å². The predicted octanol–water partition coefficient (Wildman–Crippen LogP) is 2.86. The van der Waals surface area contributed by atoms with E-state index in [1.54, 1.807) is 0 Å². The van der Waals surface area contributed by atoms with Crippen molar-refractivity contribution in [3.8, 4) is 6.07 Å². The molecule has 0 aromatic carbocycles. The molecule has 0 radical (unpaired) electrons. The minimum Gasteiger partial charge on any atom is -0.355 e. The largest absolute Gasteiger partial charge is 0.355 e. The zero-order chi connectivity index (χ0) is 12.8. The molecule has 0 bridgehead atoms. The van der Waals surface area contributed by atoms with Crippen molar-refractivity contribution in [1.29, 1.82) is 5.26 Å². The summed E-state index contributed by atoms with van der Waals surface area (Å²) in [7, 11) is 0. The van der Waals surface area contributed by atoms with Crippen LogP contribution in [0.2, 0.25) is 4.34 Å². The molecule has 1 aromatic heterocycles. The van der Waals surface area contributed by atoms with Crippen molar-refractivity contribution in [2.75, 3.05) is 6.54 Å². The zero-order valence-corrected chi connectivity index (χ0v) is 11.4. The van der Waals surface area contributed by atoms with Crippen LogP contribution in [-0.2, 0) is 11.2 Å². The summed E-state index contributed by atoms with van der Waals surface area (Å²) in [6.07, 6.45) is 0.749. The Morgan fingerprint density at radius 3 is 2.76 bits per heavy atom. The average molecular weight is 271 g/mol. The Labute approximate surface area is 110 Å². The van der Waals surface area contributed by atoms with E-state index in [1.165, 1.54) is 11.3 Å². The molecule has 0 aliphatic rings. The molecule has 92 valence electrons. The van der Waals surface area contributed by atoms with Crippen LogP contribution in [0.25, 0.3) is 0 Å². The summed E-state index contributed by atoms with van der Waals surface area (Å²) < 4.78 is 0.753. The van der Waals surface area contributed by atoms with Gasteiger partial charge in [0.25, 0.3) is 0 Å². The summed E-state index contributed by atoms with van der Waals surface area (Å²) in [5.74, 6) is -0.719. The maximum absolute atomic E-state index is 11.7. The van der Waals surface area contributed by atoms with Gasteiger partial charge in [-0.15, -0.1) is 11.3 Å². The quantitative estimate of drug-likeness (QED) is 0.894. The predicted molar refractivity (Wildman–Crippen MR) is 70.0 cm³/mol. The standard InChI is InChI=1S/C12H15ClN2OS/c1-8(2)10(7-14)12(16)15-6-5-9-3-4-11(13)17-9/h3-4,8,10H,5-6H2,1-2H3,(H,15,16). The number of nitrogens with one attached hydrogen (secondary N) is 1. The van der Waals surface area contributed by atoms with Gasteiger partial charge in [-0.25, -0.2) is 0 Å². The highest BCUT2D eigenvalue weighted by molar-refractivity contribution is 7.16. The van der Waals surface area contributed by atoms with E-state index in [0.29, 0.717) is 6.54 Å². The first-order valence-electron chi connectivity index (χ1n) is 5.46. The van der Waals surface area contributed by atoms with Crippen LogP contribution in [0.1, 0.15) is 18.7 Å². The van der Waals surface area contributed by atoms with Gasteiger partial charge in [-0.05, 0) is 24.5 Å². The normalized spacial score (nSPS) is 12.2. The number of carbonyl (C=O) groups is 1. The molecule has 1 N–H and O–H groups in total. The van der Waals surface area contributed by atoms with E-state index in [4.69, 9.17) is 16.9 Å². The van der Waals surface area contributed by atoms with E-state index >= 15 is 0 Å². The molecule has 5 heteroatoms. The van der Waals surface area contributed by atoms with Gasteiger partial charge in [-0.1, -0.05) is 25.4 Å². The smallest absolute Gasteiger partial charge is 0.237 e. The van der Waals surface area contributed by atoms with Crippen molar-refractivity contribution in [2.45, 2.75) is 20.3 Å². The molecule has 1 unspecified atom stereocenters. The molecule has 1 heterocycles. The number of hydrogen-bond acceptors (Lipinski definition) is 3. The van der Waals surface area contributed by atoms with Crippen LogP contribution in [0.3, 0.4) is 0 Å². The third kappa shape index (κ3) is 4.37. The van der Waals surface area contributed by atoms with Gasteiger partial charge < -0.3 is 5.32 Å². The van der Waals surface area contributed by atoms with Crippen LogP contribution in [0.15, 0.2) is 12.1 Å². The van der Waals surface area contributed by atoms with Crippen molar-refractivity contribution in [3.63, 3.8) is 0 Å². The van der Waals surface area contributed by atoms with E-state index in [0.717, 1.165) is 15.6 Å². The topological polar surface area (TPSA) is 52.9 Å². The summed E-state index contributed by atoms with van der Waals surface area (Å²) in [5.41, 5.74) is 0. The Hall–Kier alpha value is -1.05. The van der Waals surface area contributed by atoms with Crippen LogP contribution in [0.4, 0.5) is 0 Å². The third-order valence-electron chi connectivity index (χ3n) is 2.39. The molecule has 1 atom stereocenters. The number of rotatable bonds is 5. The van der Waals surface area contributed by atoms with Crippen LogP contribution in [0, 0.1) is 23.2 Å². The summed E-state index contributed by atoms with van der Waals surface area (Å²) in [4.78, 5) is 12.8. The first-order valence-corrected chi connectivity index (χ1v) is 6.65. The lowest BCUT2D eigenvalue weighted by Crippen LogP contribution is -2.33. The molecule has 1 amide bonds. The Bertz CT molecular complexity index is 422. The minimum atomic E-state index is -0.568. The fourth-order valence-corrected chi connectivity index (χ4v) is 2.50. The number of amides is 1.